The molecule has 36 heteroatoms. The SMILES string of the molecule is CC(NC(=O)C1CCCN1C(=O)[C@H](CC=O)NC(=O)C1CSSCC(N)C(=O)N[C@@H](C)C(=O)NC(CCC(=O)O)C(=O)N[C@@H](Cc2ccc(O)cc2)C(=O)NC(C)C(=O)N1)C(=O)N[C@@H](C)C(=O)NC(C(=O)NCC(=O)NC(CSS)C(=O)O)[C@H](C)O. The number of hydrogen-bond donors (Lipinski definition) is 17. The third-order valence-corrected chi connectivity index (χ3v) is 16.4. The van der Waals surface area contributed by atoms with Crippen LogP contribution >= 0.6 is 44.0 Å². The Morgan fingerprint density at radius 3 is 1.93 bits per heavy atom. The maximum atomic E-state index is 14.2. The number of phenols is 1. The first-order valence-electron chi connectivity index (χ1n) is 26.7. The summed E-state index contributed by atoms with van der Waals surface area (Å²) in [7, 11) is 2.75. The summed E-state index contributed by atoms with van der Waals surface area (Å²) in [6.07, 6.45) is -2.87. The van der Waals surface area contributed by atoms with E-state index in [1.807, 2.05) is 0 Å². The first kappa shape index (κ1) is 72.8. The van der Waals surface area contributed by atoms with Gasteiger partial charge in [-0.25, -0.2) is 4.79 Å². The maximum Gasteiger partial charge on any atom is 0.327 e. The van der Waals surface area contributed by atoms with E-state index in [1.165, 1.54) is 52.0 Å². The monoisotopic (exact) mass is 1290 g/mol. The minimum absolute atomic E-state index is 0.0546. The Morgan fingerprint density at radius 1 is 0.744 bits per heavy atom. The van der Waals surface area contributed by atoms with Gasteiger partial charge in [0.25, 0.3) is 0 Å². The molecule has 0 bridgehead atoms. The minimum atomic E-state index is -1.66. The number of carboxylic acids is 2. The Hall–Kier alpha value is -7.41. The number of carbonyl (C=O) groups is 15. The van der Waals surface area contributed by atoms with Crippen molar-refractivity contribution in [3.8, 4) is 5.75 Å². The third-order valence-electron chi connectivity index (χ3n) is 13.0. The lowest BCUT2D eigenvalue weighted by molar-refractivity contribution is -0.143. The Morgan fingerprint density at radius 2 is 1.33 bits per heavy atom. The Labute approximate surface area is 510 Å². The molecule has 2 fully saturated rings. The molecule has 0 aliphatic carbocycles. The molecule has 3 rings (SSSR count). The second kappa shape index (κ2) is 35.9. The number of likely N-dealkylation sites (tertiary alicyclic amines) is 1. The van der Waals surface area contributed by atoms with Crippen molar-refractivity contribution in [1.82, 2.24) is 63.4 Å². The van der Waals surface area contributed by atoms with E-state index in [0.29, 0.717) is 11.8 Å². The lowest BCUT2D eigenvalue weighted by Gasteiger charge is -2.30. The number of rotatable bonds is 24. The predicted octanol–water partition coefficient (Wildman–Crippen LogP) is -5.81. The number of aliphatic hydroxyl groups excluding tert-OH is 1. The van der Waals surface area contributed by atoms with Crippen LogP contribution < -0.4 is 64.2 Å². The Balaban J connectivity index is 1.78. The third kappa shape index (κ3) is 23.8. The summed E-state index contributed by atoms with van der Waals surface area (Å²) >= 11 is 3.86. The number of hydrogen-bond acceptors (Lipinski definition) is 22. The average molecular weight is 1290 g/mol. The van der Waals surface area contributed by atoms with Crippen molar-refractivity contribution in [2.24, 2.45) is 5.73 Å². The molecule has 476 valence electrons. The molecule has 2 saturated heterocycles. The number of benzene rings is 1. The number of nitrogens with zero attached hydrogens (tertiary/aromatic N) is 1. The van der Waals surface area contributed by atoms with Crippen LogP contribution in [0.1, 0.15) is 72.3 Å². The number of phenolic OH excluding ortho intramolecular Hbond substituents is 1. The molecule has 32 nitrogen and oxygen atoms in total. The smallest absolute Gasteiger partial charge is 0.327 e. The minimum Gasteiger partial charge on any atom is -0.508 e. The van der Waals surface area contributed by atoms with E-state index in [-0.39, 0.29) is 48.8 Å². The highest BCUT2D eigenvalue weighted by Crippen LogP contribution is 2.24. The van der Waals surface area contributed by atoms with Crippen LogP contribution in [0.2, 0.25) is 0 Å². The van der Waals surface area contributed by atoms with Gasteiger partial charge in [-0.1, -0.05) is 44.5 Å². The van der Waals surface area contributed by atoms with Gasteiger partial charge in [0.2, 0.25) is 70.9 Å². The fourth-order valence-corrected chi connectivity index (χ4v) is 11.2. The van der Waals surface area contributed by atoms with Crippen LogP contribution in [0, 0.1) is 0 Å². The molecule has 17 N–H and O–H groups in total. The van der Waals surface area contributed by atoms with Gasteiger partial charge in [0, 0.05) is 43.1 Å². The topological polar surface area (TPSA) is 499 Å². The zero-order valence-corrected chi connectivity index (χ0v) is 50.6. The molecular formula is C50H73N13O19S4. The number of thiol groups is 1. The van der Waals surface area contributed by atoms with E-state index in [1.54, 1.807) is 0 Å². The van der Waals surface area contributed by atoms with Crippen molar-refractivity contribution >= 4 is 133 Å². The largest absolute Gasteiger partial charge is 0.508 e. The molecule has 13 atom stereocenters. The van der Waals surface area contributed by atoms with Crippen molar-refractivity contribution in [2.75, 3.05) is 30.3 Å². The first-order chi connectivity index (χ1) is 40.5. The summed E-state index contributed by atoms with van der Waals surface area (Å²) in [5, 5.41) is 64.9. The number of nitrogens with two attached hydrogens (primary N) is 1. The summed E-state index contributed by atoms with van der Waals surface area (Å²) in [4.78, 5) is 198. The van der Waals surface area contributed by atoms with Gasteiger partial charge in [-0.2, -0.15) is 0 Å². The van der Waals surface area contributed by atoms with Crippen LogP contribution in [0.25, 0.3) is 0 Å². The second-order valence-corrected chi connectivity index (χ2v) is 23.9. The zero-order chi connectivity index (χ0) is 64.5. The number of aromatic hydroxyl groups is 1. The van der Waals surface area contributed by atoms with Crippen LogP contribution in [0.4, 0.5) is 0 Å². The van der Waals surface area contributed by atoms with Crippen molar-refractivity contribution < 1.29 is 92.3 Å². The van der Waals surface area contributed by atoms with Gasteiger partial charge in [-0.3, -0.25) is 62.3 Å². The van der Waals surface area contributed by atoms with E-state index in [2.05, 4.69) is 70.1 Å². The quantitative estimate of drug-likeness (QED) is 0.0260. The van der Waals surface area contributed by atoms with Gasteiger partial charge in [-0.15, -0.1) is 11.7 Å². The standard InChI is InChI=1S/C50H73N13O19S4/c1-22(39(70)53-25(4)42(73)62-38(26(5)65)48(79)52-18-36(67)57-34(20-84-83)50(81)82)56-47(78)35-7-6-15-63(35)49(80)31(14-16-64)59-46(77)33-21-86-85-19-29(51)43(74)54-23(2)40(71)58-30(12-13-37(68)69)44(75)60-32(17-27-8-10-28(66)11-9-27)45(76)55-24(3)41(72)61-33/h8-11,16,22-26,29-35,38,65-66,83H,6-7,12-15,17-21,51H2,1-5H3,(H,52,79)(H,53,70)(H,54,74)(H,55,76)(H,56,78)(H,57,67)(H,58,71)(H,59,77)(H,60,75)(H,61,72)(H,62,73)(H,68,69)(H,81,82)/t22?,23-,24?,25-,26-,29?,30?,31-,32-,33?,34?,35?,38?/m0/s1. The van der Waals surface area contributed by atoms with E-state index < -0.39 is 187 Å². The van der Waals surface area contributed by atoms with E-state index in [4.69, 9.17) is 5.73 Å². The number of nitrogens with one attached hydrogen (secondary N) is 11. The Bertz CT molecular complexity index is 2660. The molecule has 0 saturated carbocycles. The van der Waals surface area contributed by atoms with Gasteiger partial charge >= 0.3 is 11.9 Å². The van der Waals surface area contributed by atoms with E-state index in [0.717, 1.165) is 44.2 Å². The van der Waals surface area contributed by atoms with Crippen LogP contribution in [0.15, 0.2) is 24.3 Å². The summed E-state index contributed by atoms with van der Waals surface area (Å²) in [6, 6.07) is -11.9. The highest BCUT2D eigenvalue weighted by Gasteiger charge is 2.40. The molecule has 1 aromatic rings. The number of carbonyl (C=O) groups excluding carboxylic acids is 13. The van der Waals surface area contributed by atoms with Gasteiger partial charge in [-0.05, 0) is 71.6 Å². The molecule has 0 aromatic heterocycles. The average Bonchev–Trinajstić information content (AvgIpc) is 2.77. The van der Waals surface area contributed by atoms with Gasteiger partial charge in [0.05, 0.1) is 18.7 Å². The van der Waals surface area contributed by atoms with Crippen molar-refractivity contribution in [2.45, 2.75) is 152 Å². The highest BCUT2D eigenvalue weighted by molar-refractivity contribution is 8.76. The molecule has 1 aromatic carbocycles. The normalized spacial score (nSPS) is 23.0. The summed E-state index contributed by atoms with van der Waals surface area (Å²) in [5.74, 6) is -14.6. The van der Waals surface area contributed by atoms with Gasteiger partial charge < -0.3 is 94.3 Å². The lowest BCUT2D eigenvalue weighted by atomic mass is 10.0. The van der Waals surface area contributed by atoms with E-state index >= 15 is 0 Å². The van der Waals surface area contributed by atoms with Crippen LogP contribution in [-0.4, -0.2) is 223 Å². The molecule has 0 radical (unpaired) electrons. The Kier molecular flexibility index (Phi) is 30.4. The number of carboxylic acid groups (broad SMARTS) is 2. The summed E-state index contributed by atoms with van der Waals surface area (Å²) in [6.45, 7) is 5.36. The number of aliphatic carboxylic acids is 2. The zero-order valence-electron chi connectivity index (χ0n) is 47.3. The molecule has 86 heavy (non-hydrogen) atoms. The van der Waals surface area contributed by atoms with Crippen molar-refractivity contribution in [3.05, 3.63) is 29.8 Å². The van der Waals surface area contributed by atoms with Crippen LogP contribution in [-0.2, 0) is 78.3 Å². The second-order valence-electron chi connectivity index (χ2n) is 19.9. The fourth-order valence-electron chi connectivity index (χ4n) is 8.07. The number of aliphatic hydroxyl groups is 1. The van der Waals surface area contributed by atoms with E-state index in [9.17, 15) is 92.3 Å². The molecule has 0 spiro atoms. The number of amides is 12. The first-order valence-corrected chi connectivity index (χ1v) is 31.2. The molecule has 2 heterocycles. The molecule has 12 amide bonds. The molecule has 2 aliphatic rings. The van der Waals surface area contributed by atoms with Crippen molar-refractivity contribution in [1.29, 1.82) is 0 Å². The van der Waals surface area contributed by atoms with Gasteiger partial charge in [0.1, 0.15) is 78.5 Å². The molecular weight excluding hydrogens is 1210 g/mol. The molecule has 8 unspecified atom stereocenters. The lowest BCUT2D eigenvalue weighted by Crippen LogP contribution is -2.60. The number of aldehydes is 1. The summed E-state index contributed by atoms with van der Waals surface area (Å²) < 4.78 is 0. The summed E-state index contributed by atoms with van der Waals surface area (Å²) in [5.41, 5.74) is 6.51. The highest BCUT2D eigenvalue weighted by atomic mass is 33.1. The van der Waals surface area contributed by atoms with Crippen molar-refractivity contribution in [3.63, 3.8) is 0 Å². The van der Waals surface area contributed by atoms with Gasteiger partial charge in [0.15, 0.2) is 0 Å². The van der Waals surface area contributed by atoms with Crippen LogP contribution in [0.3, 0.4) is 0 Å². The maximum absolute atomic E-state index is 14.2. The predicted molar refractivity (Wildman–Crippen MR) is 313 cm³/mol. The molecule has 2 aliphatic heterocycles. The van der Waals surface area contributed by atoms with Crippen LogP contribution in [0.5, 0.6) is 5.75 Å². The fraction of sp³-hybridized carbons (Fsp3) is 0.580.